The molecular formula is C20H26N4O4. The smallest absolute Gasteiger partial charge is 0.307 e. The van der Waals surface area contributed by atoms with Gasteiger partial charge in [-0.3, -0.25) is 14.4 Å². The van der Waals surface area contributed by atoms with E-state index >= 15 is 0 Å². The van der Waals surface area contributed by atoms with Gasteiger partial charge in [-0.05, 0) is 26.7 Å². The minimum atomic E-state index is -0.784. The maximum atomic E-state index is 13.2. The predicted octanol–water partition coefficient (Wildman–Crippen LogP) is 1.39. The van der Waals surface area contributed by atoms with Crippen LogP contribution in [-0.4, -0.2) is 56.2 Å². The van der Waals surface area contributed by atoms with E-state index in [1.807, 2.05) is 4.90 Å². The molecule has 0 N–H and O–H groups in total. The summed E-state index contributed by atoms with van der Waals surface area (Å²) in [4.78, 5) is 49.4. The van der Waals surface area contributed by atoms with Gasteiger partial charge in [-0.25, -0.2) is 9.97 Å². The Balaban J connectivity index is 1.55. The molecule has 2 fully saturated rings. The van der Waals surface area contributed by atoms with Gasteiger partial charge < -0.3 is 14.5 Å². The molecule has 0 saturated carbocycles. The second-order valence-corrected chi connectivity index (χ2v) is 8.41. The minimum absolute atomic E-state index is 0.0533. The first-order valence-corrected chi connectivity index (χ1v) is 9.89. The molecule has 0 bridgehead atoms. The molecule has 0 radical (unpaired) electrons. The van der Waals surface area contributed by atoms with Crippen LogP contribution in [0.1, 0.15) is 63.2 Å². The van der Waals surface area contributed by atoms with Crippen molar-refractivity contribution in [3.05, 3.63) is 23.3 Å². The Bertz CT molecular complexity index is 837. The molecule has 3 aliphatic rings. The van der Waals surface area contributed by atoms with Gasteiger partial charge in [0.25, 0.3) is 0 Å². The number of ether oxygens (including phenoxy) is 1. The summed E-state index contributed by atoms with van der Waals surface area (Å²) >= 11 is 0. The average Bonchev–Trinajstić information content (AvgIpc) is 3.23. The molecule has 0 aromatic carbocycles. The van der Waals surface area contributed by atoms with Gasteiger partial charge in [-0.15, -0.1) is 0 Å². The van der Waals surface area contributed by atoms with E-state index in [-0.39, 0.29) is 30.2 Å². The molecule has 4 rings (SSSR count). The van der Waals surface area contributed by atoms with Crippen molar-refractivity contribution >= 4 is 17.8 Å². The number of nitrogens with zero attached hydrogens (tertiary/aromatic N) is 4. The highest BCUT2D eigenvalue weighted by molar-refractivity contribution is 5.88. The molecule has 2 amide bonds. The van der Waals surface area contributed by atoms with Crippen molar-refractivity contribution in [3.63, 3.8) is 0 Å². The number of cyclic esters (lactones) is 1. The molecule has 0 spiro atoms. The van der Waals surface area contributed by atoms with Crippen LogP contribution in [0.5, 0.6) is 0 Å². The van der Waals surface area contributed by atoms with Crippen LogP contribution in [0.25, 0.3) is 0 Å². The van der Waals surface area contributed by atoms with E-state index in [9.17, 15) is 14.4 Å². The number of hydrogen-bond donors (Lipinski definition) is 0. The lowest BCUT2D eigenvalue weighted by Crippen LogP contribution is -2.43. The van der Waals surface area contributed by atoms with Crippen molar-refractivity contribution in [2.24, 2.45) is 5.92 Å². The van der Waals surface area contributed by atoms with Crippen LogP contribution in [0.2, 0.25) is 0 Å². The molecule has 150 valence electrons. The Kier molecular flexibility index (Phi) is 4.59. The number of amides is 2. The molecule has 0 aliphatic carbocycles. The van der Waals surface area contributed by atoms with Crippen LogP contribution >= 0.6 is 0 Å². The lowest BCUT2D eigenvalue weighted by atomic mass is 9.89. The third-order valence-corrected chi connectivity index (χ3v) is 6.12. The largest absolute Gasteiger partial charge is 0.459 e. The highest BCUT2D eigenvalue weighted by Gasteiger charge is 2.49. The van der Waals surface area contributed by atoms with Gasteiger partial charge in [0.15, 0.2) is 5.82 Å². The molecule has 8 nitrogen and oxygen atoms in total. The molecular weight excluding hydrogens is 360 g/mol. The molecule has 0 unspecified atom stereocenters. The van der Waals surface area contributed by atoms with Crippen LogP contribution < -0.4 is 0 Å². The zero-order chi connectivity index (χ0) is 20.1. The molecule has 28 heavy (non-hydrogen) atoms. The average molecular weight is 386 g/mol. The van der Waals surface area contributed by atoms with Crippen molar-refractivity contribution in [3.8, 4) is 0 Å². The lowest BCUT2D eigenvalue weighted by molar-refractivity contribution is -0.149. The molecule has 2 saturated heterocycles. The van der Waals surface area contributed by atoms with Crippen molar-refractivity contribution in [2.75, 3.05) is 13.1 Å². The van der Waals surface area contributed by atoms with Crippen molar-refractivity contribution in [1.82, 2.24) is 19.8 Å². The second-order valence-electron chi connectivity index (χ2n) is 8.41. The lowest BCUT2D eigenvalue weighted by Gasteiger charge is -2.31. The first kappa shape index (κ1) is 18.8. The summed E-state index contributed by atoms with van der Waals surface area (Å²) < 4.78 is 5.34. The molecule has 3 aliphatic heterocycles. The number of carbonyl (C=O) groups is 3. The van der Waals surface area contributed by atoms with Gasteiger partial charge in [0.2, 0.25) is 11.8 Å². The molecule has 4 heterocycles. The number of carbonyl (C=O) groups excluding carboxylic acids is 3. The monoisotopic (exact) mass is 386 g/mol. The topological polar surface area (TPSA) is 92.7 Å². The van der Waals surface area contributed by atoms with E-state index in [0.29, 0.717) is 31.9 Å². The quantitative estimate of drug-likeness (QED) is 0.713. The number of fused-ring (bicyclic) bond motifs is 1. The Labute approximate surface area is 164 Å². The van der Waals surface area contributed by atoms with Crippen molar-refractivity contribution < 1.29 is 19.1 Å². The molecule has 1 aromatic rings. The van der Waals surface area contributed by atoms with Gasteiger partial charge in [-0.1, -0.05) is 0 Å². The minimum Gasteiger partial charge on any atom is -0.459 e. The number of hydrogen-bond acceptors (Lipinski definition) is 6. The maximum absolute atomic E-state index is 13.2. The van der Waals surface area contributed by atoms with E-state index < -0.39 is 11.5 Å². The summed E-state index contributed by atoms with van der Waals surface area (Å²) in [6.45, 7) is 6.99. The predicted molar refractivity (Wildman–Crippen MR) is 98.8 cm³/mol. The third kappa shape index (κ3) is 3.25. The Hall–Kier alpha value is -2.51. The Morgan fingerprint density at radius 2 is 2.07 bits per heavy atom. The Morgan fingerprint density at radius 3 is 2.75 bits per heavy atom. The van der Waals surface area contributed by atoms with E-state index in [1.54, 1.807) is 31.9 Å². The van der Waals surface area contributed by atoms with Crippen LogP contribution in [0.15, 0.2) is 6.20 Å². The zero-order valence-corrected chi connectivity index (χ0v) is 16.6. The summed E-state index contributed by atoms with van der Waals surface area (Å²) in [5.41, 5.74) is 1.15. The maximum Gasteiger partial charge on any atom is 0.307 e. The summed E-state index contributed by atoms with van der Waals surface area (Å²) in [5, 5.41) is 0. The van der Waals surface area contributed by atoms with Gasteiger partial charge in [0, 0.05) is 44.7 Å². The zero-order valence-electron chi connectivity index (χ0n) is 16.6. The molecule has 2 atom stereocenters. The number of rotatable bonds is 2. The third-order valence-electron chi connectivity index (χ3n) is 6.12. The van der Waals surface area contributed by atoms with E-state index in [1.165, 1.54) is 0 Å². The van der Waals surface area contributed by atoms with Crippen LogP contribution in [0, 0.1) is 5.92 Å². The van der Waals surface area contributed by atoms with Crippen LogP contribution in [0.3, 0.4) is 0 Å². The van der Waals surface area contributed by atoms with E-state index in [0.717, 1.165) is 24.1 Å². The highest BCUT2D eigenvalue weighted by Crippen LogP contribution is 2.38. The van der Waals surface area contributed by atoms with Crippen LogP contribution in [0.4, 0.5) is 0 Å². The summed E-state index contributed by atoms with van der Waals surface area (Å²) in [5.74, 6) is -0.133. The van der Waals surface area contributed by atoms with Crippen molar-refractivity contribution in [2.45, 2.75) is 64.6 Å². The first-order valence-electron chi connectivity index (χ1n) is 9.89. The summed E-state index contributed by atoms with van der Waals surface area (Å²) in [6.07, 6.45) is 4.31. The van der Waals surface area contributed by atoms with Gasteiger partial charge in [0.05, 0.1) is 24.1 Å². The fourth-order valence-corrected chi connectivity index (χ4v) is 4.46. The number of aromatic nitrogens is 2. The fraction of sp³-hybridized carbons (Fsp3) is 0.650. The summed E-state index contributed by atoms with van der Waals surface area (Å²) in [6, 6.07) is -0.171. The number of likely N-dealkylation sites (tertiary alicyclic amines) is 1. The standard InChI is InChI=1S/C20H26N4O4/c1-12(25)23-8-6-15-13(11-23)10-21-18(22-15)16-5-4-7-24(16)19(27)14-9-17(26)28-20(14,2)3/h10,14,16H,4-9,11H2,1-3H3/t14-,16+/m0/s1. The van der Waals surface area contributed by atoms with E-state index in [4.69, 9.17) is 9.72 Å². The first-order chi connectivity index (χ1) is 13.3. The van der Waals surface area contributed by atoms with Gasteiger partial charge >= 0.3 is 5.97 Å². The summed E-state index contributed by atoms with van der Waals surface area (Å²) in [7, 11) is 0. The Morgan fingerprint density at radius 1 is 1.29 bits per heavy atom. The normalized spacial score (nSPS) is 26.2. The SMILES string of the molecule is CC(=O)N1CCc2nc([C@H]3CCCN3C(=O)[C@@H]3CC(=O)OC3(C)C)ncc2C1. The highest BCUT2D eigenvalue weighted by atomic mass is 16.6. The number of esters is 1. The van der Waals surface area contributed by atoms with Gasteiger partial charge in [-0.2, -0.15) is 0 Å². The van der Waals surface area contributed by atoms with Gasteiger partial charge in [0.1, 0.15) is 5.60 Å². The van der Waals surface area contributed by atoms with E-state index in [2.05, 4.69) is 4.98 Å². The molecule has 8 heteroatoms. The van der Waals surface area contributed by atoms with Crippen molar-refractivity contribution in [1.29, 1.82) is 0 Å². The van der Waals surface area contributed by atoms with Crippen LogP contribution in [-0.2, 0) is 32.1 Å². The fourth-order valence-electron chi connectivity index (χ4n) is 4.46. The molecule has 1 aromatic heterocycles. The second kappa shape index (κ2) is 6.83.